The molecule has 1 atom stereocenters. The normalized spacial score (nSPS) is 11.8. The lowest BCUT2D eigenvalue weighted by Crippen LogP contribution is -2.29. The Balaban J connectivity index is 2.11. The molecule has 122 valence electrons. The number of nitrogens with one attached hydrogen (secondary N) is 1. The number of benzene rings is 1. The van der Waals surface area contributed by atoms with Crippen LogP contribution in [0.3, 0.4) is 0 Å². The van der Waals surface area contributed by atoms with Crippen molar-refractivity contribution in [2.75, 3.05) is 25.5 Å². The van der Waals surface area contributed by atoms with Crippen molar-refractivity contribution in [1.82, 2.24) is 10.3 Å². The van der Waals surface area contributed by atoms with Crippen LogP contribution >= 0.6 is 0 Å². The van der Waals surface area contributed by atoms with E-state index in [2.05, 4.69) is 10.3 Å². The minimum atomic E-state index is -0.120. The van der Waals surface area contributed by atoms with E-state index in [1.165, 1.54) is 0 Å². The van der Waals surface area contributed by atoms with Crippen LogP contribution in [0.2, 0.25) is 0 Å². The van der Waals surface area contributed by atoms with E-state index in [9.17, 15) is 4.79 Å². The van der Waals surface area contributed by atoms with Gasteiger partial charge in [-0.25, -0.2) is 0 Å². The number of nitrogens with zero attached hydrogens (tertiary/aromatic N) is 2. The van der Waals surface area contributed by atoms with E-state index in [0.29, 0.717) is 12.1 Å². The van der Waals surface area contributed by atoms with E-state index in [-0.39, 0.29) is 11.9 Å². The highest BCUT2D eigenvalue weighted by atomic mass is 16.1. The van der Waals surface area contributed by atoms with Gasteiger partial charge in [0.25, 0.3) is 5.91 Å². The molecule has 2 aromatic rings. The van der Waals surface area contributed by atoms with Gasteiger partial charge in [0.1, 0.15) is 0 Å². The largest absolute Gasteiger partial charge is 0.378 e. The fourth-order valence-electron chi connectivity index (χ4n) is 2.19. The fourth-order valence-corrected chi connectivity index (χ4v) is 2.19. The van der Waals surface area contributed by atoms with Gasteiger partial charge >= 0.3 is 0 Å². The van der Waals surface area contributed by atoms with Crippen LogP contribution in [0, 0.1) is 0 Å². The third kappa shape index (κ3) is 4.79. The molecule has 0 saturated heterocycles. The Morgan fingerprint density at radius 1 is 1.22 bits per heavy atom. The molecule has 1 unspecified atom stereocenters. The molecule has 5 heteroatoms. The van der Waals surface area contributed by atoms with Crippen LogP contribution in [0.1, 0.15) is 23.7 Å². The fraction of sp³-hybridized carbons (Fsp3) is 0.333. The van der Waals surface area contributed by atoms with E-state index in [1.54, 1.807) is 12.4 Å². The number of carbonyl (C=O) groups excluding carboxylic acids is 1. The molecule has 0 saturated carbocycles. The van der Waals surface area contributed by atoms with Crippen LogP contribution in [-0.4, -0.2) is 37.6 Å². The second kappa shape index (κ2) is 7.74. The summed E-state index contributed by atoms with van der Waals surface area (Å²) in [5, 5.41) is 2.87. The summed E-state index contributed by atoms with van der Waals surface area (Å²) in [6, 6.07) is 10.1. The van der Waals surface area contributed by atoms with Gasteiger partial charge in [-0.15, -0.1) is 0 Å². The Hall–Kier alpha value is -2.40. The molecular weight excluding hydrogens is 288 g/mol. The second-order valence-electron chi connectivity index (χ2n) is 5.93. The van der Waals surface area contributed by atoms with Crippen molar-refractivity contribution in [2.24, 2.45) is 5.73 Å². The Kier molecular flexibility index (Phi) is 5.71. The predicted octanol–water partition coefficient (Wildman–Crippen LogP) is 2.28. The van der Waals surface area contributed by atoms with Crippen molar-refractivity contribution in [3.63, 3.8) is 0 Å². The number of hydrogen-bond donors (Lipinski definition) is 2. The van der Waals surface area contributed by atoms with E-state index in [1.807, 2.05) is 56.3 Å². The van der Waals surface area contributed by atoms with Gasteiger partial charge < -0.3 is 16.0 Å². The quantitative estimate of drug-likeness (QED) is 0.858. The number of amides is 1. The number of anilines is 1. The SMILES string of the molecule is CC(N)CCNC(=O)c1cncc(-c2ccc(N(C)C)cc2)c1. The zero-order chi connectivity index (χ0) is 16.8. The molecule has 0 aliphatic heterocycles. The summed E-state index contributed by atoms with van der Waals surface area (Å²) in [5.74, 6) is -0.120. The topological polar surface area (TPSA) is 71.2 Å². The summed E-state index contributed by atoms with van der Waals surface area (Å²) in [7, 11) is 4.01. The van der Waals surface area contributed by atoms with Gasteiger partial charge in [0.05, 0.1) is 5.56 Å². The van der Waals surface area contributed by atoms with Gasteiger partial charge in [-0.2, -0.15) is 0 Å². The van der Waals surface area contributed by atoms with Crippen LogP contribution in [-0.2, 0) is 0 Å². The number of pyridine rings is 1. The Bertz CT molecular complexity index is 650. The number of hydrogen-bond acceptors (Lipinski definition) is 4. The van der Waals surface area contributed by atoms with Crippen LogP contribution < -0.4 is 16.0 Å². The molecule has 1 heterocycles. The summed E-state index contributed by atoms with van der Waals surface area (Å²) >= 11 is 0. The van der Waals surface area contributed by atoms with E-state index < -0.39 is 0 Å². The average molecular weight is 312 g/mol. The maximum Gasteiger partial charge on any atom is 0.252 e. The Labute approximate surface area is 137 Å². The molecule has 0 bridgehead atoms. The predicted molar refractivity (Wildman–Crippen MR) is 94.6 cm³/mol. The first kappa shape index (κ1) is 17.0. The smallest absolute Gasteiger partial charge is 0.252 e. The highest BCUT2D eigenvalue weighted by Crippen LogP contribution is 2.22. The minimum Gasteiger partial charge on any atom is -0.378 e. The van der Waals surface area contributed by atoms with Crippen molar-refractivity contribution >= 4 is 11.6 Å². The molecule has 1 aromatic carbocycles. The maximum absolute atomic E-state index is 12.2. The van der Waals surface area contributed by atoms with Crippen molar-refractivity contribution < 1.29 is 4.79 Å². The molecule has 1 aromatic heterocycles. The van der Waals surface area contributed by atoms with Crippen molar-refractivity contribution in [2.45, 2.75) is 19.4 Å². The monoisotopic (exact) mass is 312 g/mol. The van der Waals surface area contributed by atoms with Crippen LogP contribution in [0.25, 0.3) is 11.1 Å². The lowest BCUT2D eigenvalue weighted by molar-refractivity contribution is 0.0952. The van der Waals surface area contributed by atoms with Gasteiger partial charge in [-0.1, -0.05) is 12.1 Å². The van der Waals surface area contributed by atoms with Crippen molar-refractivity contribution in [3.8, 4) is 11.1 Å². The third-order valence-electron chi connectivity index (χ3n) is 3.60. The summed E-state index contributed by atoms with van der Waals surface area (Å²) in [4.78, 5) is 18.4. The minimum absolute atomic E-state index is 0.0787. The average Bonchev–Trinajstić information content (AvgIpc) is 2.54. The first-order valence-electron chi connectivity index (χ1n) is 7.74. The summed E-state index contributed by atoms with van der Waals surface area (Å²) < 4.78 is 0. The molecule has 2 rings (SSSR count). The van der Waals surface area contributed by atoms with Crippen molar-refractivity contribution in [1.29, 1.82) is 0 Å². The molecule has 0 fully saturated rings. The number of aromatic nitrogens is 1. The zero-order valence-electron chi connectivity index (χ0n) is 13.9. The van der Waals surface area contributed by atoms with E-state index >= 15 is 0 Å². The molecule has 0 aliphatic rings. The molecule has 23 heavy (non-hydrogen) atoms. The van der Waals surface area contributed by atoms with Gasteiger partial charge in [0, 0.05) is 50.3 Å². The molecule has 3 N–H and O–H groups in total. The molecule has 0 spiro atoms. The summed E-state index contributed by atoms with van der Waals surface area (Å²) in [5.41, 5.74) is 9.34. The lowest BCUT2D eigenvalue weighted by atomic mass is 10.1. The zero-order valence-corrected chi connectivity index (χ0v) is 13.9. The van der Waals surface area contributed by atoms with Gasteiger partial charge in [-0.05, 0) is 37.1 Å². The Morgan fingerprint density at radius 2 is 1.91 bits per heavy atom. The van der Waals surface area contributed by atoms with E-state index in [4.69, 9.17) is 5.73 Å². The van der Waals surface area contributed by atoms with E-state index in [0.717, 1.165) is 23.2 Å². The first-order chi connectivity index (χ1) is 11.0. The standard InChI is InChI=1S/C18H24N4O/c1-13(19)8-9-21-18(23)16-10-15(11-20-12-16)14-4-6-17(7-5-14)22(2)3/h4-7,10-13H,8-9,19H2,1-3H3,(H,21,23). The summed E-state index contributed by atoms with van der Waals surface area (Å²) in [6.45, 7) is 2.49. The van der Waals surface area contributed by atoms with Crippen molar-refractivity contribution in [3.05, 3.63) is 48.3 Å². The molecule has 0 radical (unpaired) electrons. The van der Waals surface area contributed by atoms with Crippen LogP contribution in [0.15, 0.2) is 42.7 Å². The third-order valence-corrected chi connectivity index (χ3v) is 3.60. The van der Waals surface area contributed by atoms with Crippen LogP contribution in [0.5, 0.6) is 0 Å². The molecular formula is C18H24N4O. The number of rotatable bonds is 6. The molecule has 1 amide bonds. The highest BCUT2D eigenvalue weighted by Gasteiger charge is 2.08. The molecule has 5 nitrogen and oxygen atoms in total. The second-order valence-corrected chi connectivity index (χ2v) is 5.93. The molecule has 0 aliphatic carbocycles. The number of nitrogens with two attached hydrogens (primary N) is 1. The highest BCUT2D eigenvalue weighted by molar-refractivity contribution is 5.95. The Morgan fingerprint density at radius 3 is 2.52 bits per heavy atom. The van der Waals surface area contributed by atoms with Crippen LogP contribution in [0.4, 0.5) is 5.69 Å². The van der Waals surface area contributed by atoms with Gasteiger partial charge in [-0.3, -0.25) is 9.78 Å². The van der Waals surface area contributed by atoms with Gasteiger partial charge in [0.15, 0.2) is 0 Å². The summed E-state index contributed by atoms with van der Waals surface area (Å²) in [6.07, 6.45) is 4.10. The lowest BCUT2D eigenvalue weighted by Gasteiger charge is -2.13. The first-order valence-corrected chi connectivity index (χ1v) is 7.74. The number of carbonyl (C=O) groups is 1. The van der Waals surface area contributed by atoms with Gasteiger partial charge in [0.2, 0.25) is 0 Å². The maximum atomic E-state index is 12.2.